The third-order valence-electron chi connectivity index (χ3n) is 2.82. The first-order chi connectivity index (χ1) is 8.31. The molecule has 1 aliphatic rings. The van der Waals surface area contributed by atoms with Gasteiger partial charge in [0, 0.05) is 31.9 Å². The SMILES string of the molecule is COc1ccc(C(=O)N2CCCNCC2)cn1. The van der Waals surface area contributed by atoms with Crippen LogP contribution in [0.3, 0.4) is 0 Å². The average molecular weight is 235 g/mol. The van der Waals surface area contributed by atoms with Crippen LogP contribution >= 0.6 is 0 Å². The van der Waals surface area contributed by atoms with E-state index in [1.165, 1.54) is 0 Å². The van der Waals surface area contributed by atoms with E-state index in [1.807, 2.05) is 4.90 Å². The molecule has 1 saturated heterocycles. The van der Waals surface area contributed by atoms with Crippen molar-refractivity contribution in [2.45, 2.75) is 6.42 Å². The van der Waals surface area contributed by atoms with Crippen molar-refractivity contribution in [2.75, 3.05) is 33.3 Å². The lowest BCUT2D eigenvalue weighted by Crippen LogP contribution is -2.34. The fourth-order valence-electron chi connectivity index (χ4n) is 1.86. The van der Waals surface area contributed by atoms with Crippen molar-refractivity contribution in [3.63, 3.8) is 0 Å². The minimum absolute atomic E-state index is 0.0452. The molecule has 0 bridgehead atoms. The van der Waals surface area contributed by atoms with E-state index in [1.54, 1.807) is 25.4 Å². The van der Waals surface area contributed by atoms with E-state index in [0.29, 0.717) is 11.4 Å². The van der Waals surface area contributed by atoms with Crippen molar-refractivity contribution < 1.29 is 9.53 Å². The number of amides is 1. The summed E-state index contributed by atoms with van der Waals surface area (Å²) in [5.41, 5.74) is 0.618. The minimum Gasteiger partial charge on any atom is -0.481 e. The van der Waals surface area contributed by atoms with Crippen LogP contribution in [0.5, 0.6) is 5.88 Å². The van der Waals surface area contributed by atoms with Crippen LogP contribution in [0.2, 0.25) is 0 Å². The normalized spacial score (nSPS) is 16.4. The Labute approximate surface area is 101 Å². The smallest absolute Gasteiger partial charge is 0.255 e. The Morgan fingerprint density at radius 3 is 3.00 bits per heavy atom. The van der Waals surface area contributed by atoms with Crippen LogP contribution in [0.15, 0.2) is 18.3 Å². The van der Waals surface area contributed by atoms with Crippen molar-refractivity contribution in [3.05, 3.63) is 23.9 Å². The Morgan fingerprint density at radius 1 is 1.41 bits per heavy atom. The largest absolute Gasteiger partial charge is 0.481 e. The van der Waals surface area contributed by atoms with Crippen LogP contribution in [0.25, 0.3) is 0 Å². The molecule has 5 nitrogen and oxygen atoms in total. The highest BCUT2D eigenvalue weighted by molar-refractivity contribution is 5.94. The van der Waals surface area contributed by atoms with Gasteiger partial charge in [0.1, 0.15) is 0 Å². The number of carbonyl (C=O) groups excluding carboxylic acids is 1. The summed E-state index contributed by atoms with van der Waals surface area (Å²) in [6.07, 6.45) is 2.56. The third kappa shape index (κ3) is 2.94. The molecule has 17 heavy (non-hydrogen) atoms. The quantitative estimate of drug-likeness (QED) is 0.812. The summed E-state index contributed by atoms with van der Waals surface area (Å²) in [5, 5.41) is 3.27. The van der Waals surface area contributed by atoms with E-state index in [-0.39, 0.29) is 5.91 Å². The first-order valence-corrected chi connectivity index (χ1v) is 5.81. The molecule has 0 spiro atoms. The van der Waals surface area contributed by atoms with Crippen molar-refractivity contribution in [1.82, 2.24) is 15.2 Å². The Kier molecular flexibility index (Phi) is 3.93. The van der Waals surface area contributed by atoms with Gasteiger partial charge in [-0.25, -0.2) is 4.98 Å². The van der Waals surface area contributed by atoms with Gasteiger partial charge in [-0.1, -0.05) is 0 Å². The maximum Gasteiger partial charge on any atom is 0.255 e. The van der Waals surface area contributed by atoms with Gasteiger partial charge in [0.2, 0.25) is 5.88 Å². The molecule has 1 N–H and O–H groups in total. The summed E-state index contributed by atoms with van der Waals surface area (Å²) in [5.74, 6) is 0.572. The average Bonchev–Trinajstić information content (AvgIpc) is 2.67. The summed E-state index contributed by atoms with van der Waals surface area (Å²) in [4.78, 5) is 18.1. The molecular formula is C12H17N3O2. The van der Waals surface area contributed by atoms with Gasteiger partial charge in [-0.3, -0.25) is 4.79 Å². The molecule has 1 amide bonds. The summed E-state index contributed by atoms with van der Waals surface area (Å²) in [6.45, 7) is 3.39. The van der Waals surface area contributed by atoms with Crippen LogP contribution in [0.4, 0.5) is 0 Å². The van der Waals surface area contributed by atoms with Gasteiger partial charge in [-0.15, -0.1) is 0 Å². The minimum atomic E-state index is 0.0452. The number of nitrogens with zero attached hydrogens (tertiary/aromatic N) is 2. The van der Waals surface area contributed by atoms with Gasteiger partial charge in [0.25, 0.3) is 5.91 Å². The second kappa shape index (κ2) is 5.63. The molecule has 0 aromatic carbocycles. The molecule has 92 valence electrons. The maximum atomic E-state index is 12.2. The van der Waals surface area contributed by atoms with E-state index in [0.717, 1.165) is 32.6 Å². The van der Waals surface area contributed by atoms with Crippen LogP contribution < -0.4 is 10.1 Å². The highest BCUT2D eigenvalue weighted by atomic mass is 16.5. The predicted molar refractivity (Wildman–Crippen MR) is 64.2 cm³/mol. The molecule has 5 heteroatoms. The fourth-order valence-corrected chi connectivity index (χ4v) is 1.86. The second-order valence-corrected chi connectivity index (χ2v) is 3.98. The lowest BCUT2D eigenvalue weighted by atomic mass is 10.2. The van der Waals surface area contributed by atoms with Gasteiger partial charge < -0.3 is 15.0 Å². The molecule has 0 atom stereocenters. The number of hydrogen-bond donors (Lipinski definition) is 1. The number of carbonyl (C=O) groups is 1. The zero-order chi connectivity index (χ0) is 12.1. The summed E-state index contributed by atoms with van der Waals surface area (Å²) < 4.78 is 4.97. The van der Waals surface area contributed by atoms with E-state index < -0.39 is 0 Å². The number of methoxy groups -OCH3 is 1. The van der Waals surface area contributed by atoms with E-state index >= 15 is 0 Å². The molecule has 2 rings (SSSR count). The van der Waals surface area contributed by atoms with Crippen LogP contribution in [0.1, 0.15) is 16.8 Å². The number of pyridine rings is 1. The Morgan fingerprint density at radius 2 is 2.29 bits per heavy atom. The summed E-state index contributed by atoms with van der Waals surface area (Å²) in [6, 6.07) is 3.47. The second-order valence-electron chi connectivity index (χ2n) is 3.98. The number of ether oxygens (including phenoxy) is 1. The first kappa shape index (κ1) is 11.9. The van der Waals surface area contributed by atoms with Gasteiger partial charge in [-0.2, -0.15) is 0 Å². The molecule has 2 heterocycles. The van der Waals surface area contributed by atoms with Crippen LogP contribution in [-0.2, 0) is 0 Å². The topological polar surface area (TPSA) is 54.5 Å². The van der Waals surface area contributed by atoms with E-state index in [2.05, 4.69) is 10.3 Å². The summed E-state index contributed by atoms with van der Waals surface area (Å²) >= 11 is 0. The van der Waals surface area contributed by atoms with Crippen molar-refractivity contribution >= 4 is 5.91 Å². The highest BCUT2D eigenvalue weighted by Gasteiger charge is 2.17. The standard InChI is InChI=1S/C12H17N3O2/c1-17-11-4-3-10(9-14-11)12(16)15-7-2-5-13-6-8-15/h3-4,9,13H,2,5-8H2,1H3. The lowest BCUT2D eigenvalue weighted by molar-refractivity contribution is 0.0766. The van der Waals surface area contributed by atoms with Crippen molar-refractivity contribution in [2.24, 2.45) is 0 Å². The van der Waals surface area contributed by atoms with E-state index in [4.69, 9.17) is 4.74 Å². The Bertz CT molecular complexity index is 370. The number of aromatic nitrogens is 1. The molecule has 1 fully saturated rings. The fraction of sp³-hybridized carbons (Fsp3) is 0.500. The van der Waals surface area contributed by atoms with Gasteiger partial charge >= 0.3 is 0 Å². The monoisotopic (exact) mass is 235 g/mol. The van der Waals surface area contributed by atoms with E-state index in [9.17, 15) is 4.79 Å². The molecule has 1 aliphatic heterocycles. The Balaban J connectivity index is 2.06. The van der Waals surface area contributed by atoms with Crippen LogP contribution in [0, 0.1) is 0 Å². The maximum absolute atomic E-state index is 12.2. The molecule has 0 radical (unpaired) electrons. The first-order valence-electron chi connectivity index (χ1n) is 5.81. The molecule has 1 aromatic rings. The third-order valence-corrected chi connectivity index (χ3v) is 2.82. The molecular weight excluding hydrogens is 218 g/mol. The number of nitrogens with one attached hydrogen (secondary N) is 1. The zero-order valence-electron chi connectivity index (χ0n) is 9.98. The van der Waals surface area contributed by atoms with Crippen molar-refractivity contribution in [1.29, 1.82) is 0 Å². The number of hydrogen-bond acceptors (Lipinski definition) is 4. The van der Waals surface area contributed by atoms with Crippen LogP contribution in [-0.4, -0.2) is 49.1 Å². The molecule has 0 aliphatic carbocycles. The summed E-state index contributed by atoms with van der Waals surface area (Å²) in [7, 11) is 1.56. The molecule has 1 aromatic heterocycles. The van der Waals surface area contributed by atoms with Gasteiger partial charge in [0.15, 0.2) is 0 Å². The van der Waals surface area contributed by atoms with Crippen molar-refractivity contribution in [3.8, 4) is 5.88 Å². The molecule has 0 unspecified atom stereocenters. The number of rotatable bonds is 2. The Hall–Kier alpha value is -1.62. The zero-order valence-corrected chi connectivity index (χ0v) is 9.98. The van der Waals surface area contributed by atoms with Gasteiger partial charge in [0.05, 0.1) is 12.7 Å². The molecule has 0 saturated carbocycles. The highest BCUT2D eigenvalue weighted by Crippen LogP contribution is 2.10. The predicted octanol–water partition coefficient (Wildman–Crippen LogP) is 0.526. The van der Waals surface area contributed by atoms with Gasteiger partial charge in [-0.05, 0) is 19.0 Å². The lowest BCUT2D eigenvalue weighted by Gasteiger charge is -2.19.